The molecule has 4 nitrogen and oxygen atoms in total. The van der Waals surface area contributed by atoms with Gasteiger partial charge in [-0.25, -0.2) is 5.01 Å². The Morgan fingerprint density at radius 1 is 1.31 bits per heavy atom. The number of amides is 1. The van der Waals surface area contributed by atoms with Crippen molar-refractivity contribution in [2.24, 2.45) is 0 Å². The van der Waals surface area contributed by atoms with E-state index in [-0.39, 0.29) is 0 Å². The van der Waals surface area contributed by atoms with E-state index in [4.69, 9.17) is 0 Å². The number of piperidine rings is 1. The van der Waals surface area contributed by atoms with Crippen LogP contribution in [0.3, 0.4) is 0 Å². The van der Waals surface area contributed by atoms with E-state index in [0.717, 1.165) is 38.0 Å². The summed E-state index contributed by atoms with van der Waals surface area (Å²) in [4.78, 5) is 10.4. The Kier molecular flexibility index (Phi) is 3.77. The summed E-state index contributed by atoms with van der Waals surface area (Å²) in [6.07, 6.45) is 2.99. The summed E-state index contributed by atoms with van der Waals surface area (Å²) in [6, 6.07) is 10.6. The number of anilines is 1. The van der Waals surface area contributed by atoms with E-state index >= 15 is 0 Å². The summed E-state index contributed by atoms with van der Waals surface area (Å²) in [5.41, 5.74) is 3.85. The number of hydrogen-bond donors (Lipinski definition) is 2. The van der Waals surface area contributed by atoms with Crippen LogP contribution in [-0.2, 0) is 4.79 Å². The second kappa shape index (κ2) is 5.51. The molecule has 86 valence electrons. The van der Waals surface area contributed by atoms with Crippen LogP contribution in [0.2, 0.25) is 0 Å². The van der Waals surface area contributed by atoms with E-state index in [2.05, 4.69) is 22.9 Å². The van der Waals surface area contributed by atoms with Crippen molar-refractivity contribution in [2.45, 2.75) is 18.9 Å². The second-order valence-corrected chi connectivity index (χ2v) is 4.04. The number of hydrazine groups is 1. The van der Waals surface area contributed by atoms with E-state index in [9.17, 15) is 4.79 Å². The van der Waals surface area contributed by atoms with Crippen LogP contribution in [-0.4, -0.2) is 30.6 Å². The van der Waals surface area contributed by atoms with E-state index < -0.39 is 0 Å². The lowest BCUT2D eigenvalue weighted by Crippen LogP contribution is -2.48. The molecule has 16 heavy (non-hydrogen) atoms. The third-order valence-electron chi connectivity index (χ3n) is 2.80. The standard InChI is InChI=1S/C12H17N3O/c16-10-13-15-8-4-7-12(9-15)14-11-5-2-1-3-6-11/h1-3,5-6,10,12,14H,4,7-9H2,(H,13,16). The van der Waals surface area contributed by atoms with Crippen LogP contribution in [0.4, 0.5) is 5.69 Å². The fraction of sp³-hybridized carbons (Fsp3) is 0.417. The predicted molar refractivity (Wildman–Crippen MR) is 63.9 cm³/mol. The molecular weight excluding hydrogens is 202 g/mol. The van der Waals surface area contributed by atoms with Gasteiger partial charge in [-0.05, 0) is 25.0 Å². The zero-order valence-electron chi connectivity index (χ0n) is 9.23. The Morgan fingerprint density at radius 3 is 2.88 bits per heavy atom. The van der Waals surface area contributed by atoms with Crippen molar-refractivity contribution >= 4 is 12.1 Å². The Labute approximate surface area is 95.6 Å². The van der Waals surface area contributed by atoms with Gasteiger partial charge < -0.3 is 5.32 Å². The van der Waals surface area contributed by atoms with Crippen LogP contribution in [0.5, 0.6) is 0 Å². The molecule has 1 fully saturated rings. The minimum absolute atomic E-state index is 0.406. The first kappa shape index (κ1) is 11.0. The molecule has 1 saturated heterocycles. The van der Waals surface area contributed by atoms with Gasteiger partial charge in [-0.3, -0.25) is 10.2 Å². The van der Waals surface area contributed by atoms with Crippen molar-refractivity contribution in [1.29, 1.82) is 0 Å². The van der Waals surface area contributed by atoms with Gasteiger partial charge in [0.15, 0.2) is 0 Å². The summed E-state index contributed by atoms with van der Waals surface area (Å²) in [6.45, 7) is 1.79. The highest BCUT2D eigenvalue weighted by molar-refractivity contribution is 5.45. The van der Waals surface area contributed by atoms with Crippen molar-refractivity contribution in [3.05, 3.63) is 30.3 Å². The number of nitrogens with zero attached hydrogens (tertiary/aromatic N) is 1. The minimum atomic E-state index is 0.406. The first-order valence-electron chi connectivity index (χ1n) is 5.65. The van der Waals surface area contributed by atoms with Crippen molar-refractivity contribution < 1.29 is 4.79 Å². The molecule has 1 unspecified atom stereocenters. The molecule has 2 rings (SSSR count). The molecule has 0 aromatic heterocycles. The Bertz CT molecular complexity index is 328. The molecule has 1 amide bonds. The molecule has 4 heteroatoms. The molecule has 1 aliphatic heterocycles. The molecule has 1 aliphatic rings. The second-order valence-electron chi connectivity index (χ2n) is 4.04. The predicted octanol–water partition coefficient (Wildman–Crippen LogP) is 1.22. The lowest BCUT2D eigenvalue weighted by molar-refractivity contribution is -0.114. The SMILES string of the molecule is O=CNN1CCCC(Nc2ccccc2)C1. The number of carbonyl (C=O) groups excluding carboxylic acids is 1. The minimum Gasteiger partial charge on any atom is -0.381 e. The van der Waals surface area contributed by atoms with Crippen LogP contribution in [0, 0.1) is 0 Å². The molecular formula is C12H17N3O. The lowest BCUT2D eigenvalue weighted by atomic mass is 10.1. The van der Waals surface area contributed by atoms with Gasteiger partial charge in [0.05, 0.1) is 0 Å². The van der Waals surface area contributed by atoms with Crippen LogP contribution in [0.25, 0.3) is 0 Å². The highest BCUT2D eigenvalue weighted by atomic mass is 16.1. The Balaban J connectivity index is 1.88. The Hall–Kier alpha value is -1.55. The third-order valence-corrected chi connectivity index (χ3v) is 2.80. The van der Waals surface area contributed by atoms with Gasteiger partial charge in [0, 0.05) is 24.8 Å². The lowest BCUT2D eigenvalue weighted by Gasteiger charge is -2.32. The first-order chi connectivity index (χ1) is 7.88. The molecule has 2 N–H and O–H groups in total. The van der Waals surface area contributed by atoms with E-state index in [1.54, 1.807) is 0 Å². The van der Waals surface area contributed by atoms with Gasteiger partial charge >= 0.3 is 0 Å². The quantitative estimate of drug-likeness (QED) is 0.748. The number of hydrogen-bond acceptors (Lipinski definition) is 3. The van der Waals surface area contributed by atoms with Gasteiger partial charge in [0.2, 0.25) is 6.41 Å². The summed E-state index contributed by atoms with van der Waals surface area (Å²) in [5, 5.41) is 5.43. The zero-order valence-corrected chi connectivity index (χ0v) is 9.23. The topological polar surface area (TPSA) is 44.4 Å². The van der Waals surface area contributed by atoms with Crippen LogP contribution < -0.4 is 10.7 Å². The maximum atomic E-state index is 10.4. The summed E-state index contributed by atoms with van der Waals surface area (Å²) >= 11 is 0. The zero-order chi connectivity index (χ0) is 11.2. The molecule has 1 atom stereocenters. The van der Waals surface area contributed by atoms with E-state index in [1.807, 2.05) is 23.2 Å². The Morgan fingerprint density at radius 2 is 2.12 bits per heavy atom. The van der Waals surface area contributed by atoms with Crippen LogP contribution in [0.1, 0.15) is 12.8 Å². The monoisotopic (exact) mass is 219 g/mol. The first-order valence-corrected chi connectivity index (χ1v) is 5.65. The number of benzene rings is 1. The number of para-hydroxylation sites is 1. The van der Waals surface area contributed by atoms with Gasteiger partial charge in [-0.1, -0.05) is 18.2 Å². The molecule has 0 aliphatic carbocycles. The largest absolute Gasteiger partial charge is 0.381 e. The van der Waals surface area contributed by atoms with Gasteiger partial charge in [-0.2, -0.15) is 0 Å². The molecule has 0 radical (unpaired) electrons. The number of carbonyl (C=O) groups is 1. The highest BCUT2D eigenvalue weighted by Gasteiger charge is 2.18. The molecule has 1 heterocycles. The molecule has 0 spiro atoms. The fourth-order valence-corrected chi connectivity index (χ4v) is 2.06. The summed E-state index contributed by atoms with van der Waals surface area (Å²) < 4.78 is 0. The molecule has 0 bridgehead atoms. The normalized spacial score (nSPS) is 21.4. The fourth-order valence-electron chi connectivity index (χ4n) is 2.06. The number of rotatable bonds is 4. The van der Waals surface area contributed by atoms with Gasteiger partial charge in [-0.15, -0.1) is 0 Å². The average Bonchev–Trinajstić information content (AvgIpc) is 2.31. The van der Waals surface area contributed by atoms with Crippen LogP contribution >= 0.6 is 0 Å². The van der Waals surface area contributed by atoms with Crippen molar-refractivity contribution in [2.75, 3.05) is 18.4 Å². The van der Waals surface area contributed by atoms with Gasteiger partial charge in [0.25, 0.3) is 0 Å². The van der Waals surface area contributed by atoms with E-state index in [0.29, 0.717) is 6.04 Å². The molecule has 1 aromatic carbocycles. The van der Waals surface area contributed by atoms with E-state index in [1.165, 1.54) is 0 Å². The van der Waals surface area contributed by atoms with Crippen molar-refractivity contribution in [3.63, 3.8) is 0 Å². The van der Waals surface area contributed by atoms with Gasteiger partial charge in [0.1, 0.15) is 0 Å². The smallest absolute Gasteiger partial charge is 0.221 e. The maximum absolute atomic E-state index is 10.4. The third kappa shape index (κ3) is 2.97. The summed E-state index contributed by atoms with van der Waals surface area (Å²) in [7, 11) is 0. The summed E-state index contributed by atoms with van der Waals surface area (Å²) in [5.74, 6) is 0. The highest BCUT2D eigenvalue weighted by Crippen LogP contribution is 2.14. The maximum Gasteiger partial charge on any atom is 0.221 e. The van der Waals surface area contributed by atoms with Crippen LogP contribution in [0.15, 0.2) is 30.3 Å². The van der Waals surface area contributed by atoms with Crippen molar-refractivity contribution in [3.8, 4) is 0 Å². The van der Waals surface area contributed by atoms with Crippen molar-refractivity contribution in [1.82, 2.24) is 10.4 Å². The molecule has 0 saturated carbocycles. The molecule has 1 aromatic rings. The average molecular weight is 219 g/mol. The number of nitrogens with one attached hydrogen (secondary N) is 2.